The summed E-state index contributed by atoms with van der Waals surface area (Å²) in [5.41, 5.74) is 7.19. The summed E-state index contributed by atoms with van der Waals surface area (Å²) in [6.45, 7) is 0.222. The van der Waals surface area contributed by atoms with Gasteiger partial charge in [0, 0.05) is 18.2 Å². The van der Waals surface area contributed by atoms with Crippen LogP contribution in [0.2, 0.25) is 5.15 Å². The van der Waals surface area contributed by atoms with E-state index < -0.39 is 0 Å². The van der Waals surface area contributed by atoms with Crippen LogP contribution in [0, 0.1) is 5.92 Å². The van der Waals surface area contributed by atoms with Gasteiger partial charge >= 0.3 is 0 Å². The van der Waals surface area contributed by atoms with Gasteiger partial charge in [0.25, 0.3) is 0 Å². The fraction of sp³-hybridized carbons (Fsp3) is 0.429. The molecule has 6 nitrogen and oxygen atoms in total. The molecule has 1 aliphatic carbocycles. The van der Waals surface area contributed by atoms with E-state index in [-0.39, 0.29) is 18.6 Å². The van der Waals surface area contributed by atoms with Gasteiger partial charge in [0.05, 0.1) is 18.1 Å². The molecule has 0 radical (unpaired) electrons. The highest BCUT2D eigenvalue weighted by atomic mass is 35.5. The summed E-state index contributed by atoms with van der Waals surface area (Å²) in [6, 6.07) is 2.05. The molecule has 1 aliphatic rings. The highest BCUT2D eigenvalue weighted by Gasteiger charge is 2.26. The van der Waals surface area contributed by atoms with E-state index in [1.54, 1.807) is 18.6 Å². The van der Waals surface area contributed by atoms with Gasteiger partial charge < -0.3 is 20.6 Å². The zero-order chi connectivity index (χ0) is 14.8. The SMILES string of the molecule is Nc1nc(Cl)c(-c2ccoc2)c(N[C@H]2CC[C@@H](CO)C2)n1. The standard InChI is InChI=1S/C14H17ClN4O2/c15-12-11(9-3-4-21-7-9)13(19-14(16)18-12)17-10-2-1-8(5-10)6-20/h3-4,7-8,10,20H,1-2,5-6H2,(H3,16,17,18,19)/t8-,10+/m1/s1. The molecule has 3 rings (SSSR count). The molecule has 21 heavy (non-hydrogen) atoms. The number of hydrogen-bond acceptors (Lipinski definition) is 6. The fourth-order valence-corrected chi connectivity index (χ4v) is 3.07. The number of aromatic nitrogens is 2. The average Bonchev–Trinajstić information content (AvgIpc) is 3.09. The van der Waals surface area contributed by atoms with Crippen LogP contribution in [-0.4, -0.2) is 27.7 Å². The Morgan fingerprint density at radius 2 is 2.29 bits per heavy atom. The lowest BCUT2D eigenvalue weighted by atomic mass is 10.1. The molecule has 112 valence electrons. The number of nitrogens with two attached hydrogens (primary N) is 1. The predicted molar refractivity (Wildman–Crippen MR) is 81.0 cm³/mol. The van der Waals surface area contributed by atoms with Gasteiger partial charge in [-0.05, 0) is 31.2 Å². The third kappa shape index (κ3) is 2.96. The van der Waals surface area contributed by atoms with Gasteiger partial charge in [0.1, 0.15) is 11.0 Å². The molecule has 0 saturated heterocycles. The lowest BCUT2D eigenvalue weighted by Crippen LogP contribution is -2.18. The molecule has 4 N–H and O–H groups in total. The van der Waals surface area contributed by atoms with Gasteiger partial charge in [0.15, 0.2) is 0 Å². The first kappa shape index (κ1) is 14.2. The number of rotatable bonds is 4. The lowest BCUT2D eigenvalue weighted by molar-refractivity contribution is 0.229. The normalized spacial score (nSPS) is 21.6. The largest absolute Gasteiger partial charge is 0.472 e. The van der Waals surface area contributed by atoms with Gasteiger partial charge in [-0.15, -0.1) is 0 Å². The number of halogens is 1. The molecule has 0 amide bonds. The second-order valence-electron chi connectivity index (χ2n) is 5.31. The smallest absolute Gasteiger partial charge is 0.223 e. The third-order valence-electron chi connectivity index (χ3n) is 3.83. The zero-order valence-electron chi connectivity index (χ0n) is 11.4. The number of furan rings is 1. The van der Waals surface area contributed by atoms with Gasteiger partial charge in [0.2, 0.25) is 5.95 Å². The molecular formula is C14H17ClN4O2. The molecule has 0 spiro atoms. The maximum absolute atomic E-state index is 9.24. The van der Waals surface area contributed by atoms with Crippen LogP contribution >= 0.6 is 11.6 Å². The molecule has 1 fully saturated rings. The molecule has 7 heteroatoms. The van der Waals surface area contributed by atoms with E-state index in [1.807, 2.05) is 0 Å². The molecule has 2 aromatic rings. The van der Waals surface area contributed by atoms with Crippen LogP contribution in [0.15, 0.2) is 23.0 Å². The summed E-state index contributed by atoms with van der Waals surface area (Å²) in [4.78, 5) is 8.28. The van der Waals surface area contributed by atoms with E-state index >= 15 is 0 Å². The second kappa shape index (κ2) is 5.91. The lowest BCUT2D eigenvalue weighted by Gasteiger charge is -2.17. The molecule has 0 bridgehead atoms. The Balaban J connectivity index is 1.90. The zero-order valence-corrected chi connectivity index (χ0v) is 12.2. The number of anilines is 2. The highest BCUT2D eigenvalue weighted by molar-refractivity contribution is 6.32. The molecule has 2 aromatic heterocycles. The van der Waals surface area contributed by atoms with Gasteiger partial charge in [-0.2, -0.15) is 4.98 Å². The van der Waals surface area contributed by atoms with E-state index in [9.17, 15) is 5.11 Å². The van der Waals surface area contributed by atoms with Crippen LogP contribution in [-0.2, 0) is 0 Å². The van der Waals surface area contributed by atoms with Crippen molar-refractivity contribution in [2.75, 3.05) is 17.7 Å². The van der Waals surface area contributed by atoms with Crippen LogP contribution in [0.3, 0.4) is 0 Å². The summed E-state index contributed by atoms with van der Waals surface area (Å²) in [5.74, 6) is 1.08. The van der Waals surface area contributed by atoms with Crippen LogP contribution in [0.1, 0.15) is 19.3 Å². The second-order valence-corrected chi connectivity index (χ2v) is 5.67. The summed E-state index contributed by atoms with van der Waals surface area (Å²) in [6.07, 6.45) is 6.06. The number of nitrogen functional groups attached to an aromatic ring is 1. The number of nitrogens with zero attached hydrogens (tertiary/aromatic N) is 2. The quantitative estimate of drug-likeness (QED) is 0.751. The maximum Gasteiger partial charge on any atom is 0.223 e. The Kier molecular flexibility index (Phi) is 3.98. The van der Waals surface area contributed by atoms with Crippen molar-refractivity contribution in [2.45, 2.75) is 25.3 Å². The number of hydrogen-bond donors (Lipinski definition) is 3. The predicted octanol–water partition coefficient (Wildman–Crippen LogP) is 2.55. The van der Waals surface area contributed by atoms with E-state index in [4.69, 9.17) is 21.8 Å². The summed E-state index contributed by atoms with van der Waals surface area (Å²) in [5, 5.41) is 12.9. The van der Waals surface area contributed by atoms with E-state index in [0.717, 1.165) is 24.8 Å². The van der Waals surface area contributed by atoms with Crippen LogP contribution in [0.4, 0.5) is 11.8 Å². The van der Waals surface area contributed by atoms with Crippen molar-refractivity contribution in [1.29, 1.82) is 0 Å². The van der Waals surface area contributed by atoms with Crippen molar-refractivity contribution in [1.82, 2.24) is 9.97 Å². The summed E-state index contributed by atoms with van der Waals surface area (Å²) < 4.78 is 5.11. The fourth-order valence-electron chi connectivity index (χ4n) is 2.78. The Morgan fingerprint density at radius 1 is 1.43 bits per heavy atom. The molecular weight excluding hydrogens is 292 g/mol. The van der Waals surface area contributed by atoms with Crippen molar-refractivity contribution in [2.24, 2.45) is 5.92 Å². The molecule has 0 unspecified atom stereocenters. The van der Waals surface area contributed by atoms with E-state index in [2.05, 4.69) is 15.3 Å². The minimum absolute atomic E-state index is 0.131. The van der Waals surface area contributed by atoms with Crippen molar-refractivity contribution < 1.29 is 9.52 Å². The van der Waals surface area contributed by atoms with Crippen molar-refractivity contribution in [3.63, 3.8) is 0 Å². The van der Waals surface area contributed by atoms with Gasteiger partial charge in [-0.25, -0.2) is 4.98 Å². The minimum atomic E-state index is 0.131. The summed E-state index contributed by atoms with van der Waals surface area (Å²) >= 11 is 6.21. The number of nitrogens with one attached hydrogen (secondary N) is 1. The first-order valence-electron chi connectivity index (χ1n) is 6.90. The molecule has 0 aromatic carbocycles. The first-order valence-corrected chi connectivity index (χ1v) is 7.28. The average molecular weight is 309 g/mol. The Bertz CT molecular complexity index is 618. The molecule has 0 aliphatic heterocycles. The third-order valence-corrected chi connectivity index (χ3v) is 4.11. The molecule has 2 atom stereocenters. The Labute approximate surface area is 127 Å². The van der Waals surface area contributed by atoms with Gasteiger partial charge in [-0.3, -0.25) is 0 Å². The molecule has 2 heterocycles. The summed E-state index contributed by atoms with van der Waals surface area (Å²) in [7, 11) is 0. The Morgan fingerprint density at radius 3 is 2.95 bits per heavy atom. The number of aliphatic hydroxyl groups is 1. The topological polar surface area (TPSA) is 97.2 Å². The maximum atomic E-state index is 9.24. The Hall–Kier alpha value is -1.79. The number of aliphatic hydroxyl groups excluding tert-OH is 1. The molecule has 1 saturated carbocycles. The first-order chi connectivity index (χ1) is 10.2. The van der Waals surface area contributed by atoms with Crippen LogP contribution in [0.25, 0.3) is 11.1 Å². The van der Waals surface area contributed by atoms with E-state index in [0.29, 0.717) is 22.5 Å². The van der Waals surface area contributed by atoms with Crippen LogP contribution < -0.4 is 11.1 Å². The van der Waals surface area contributed by atoms with E-state index in [1.165, 1.54) is 0 Å². The van der Waals surface area contributed by atoms with Crippen molar-refractivity contribution in [3.8, 4) is 11.1 Å². The minimum Gasteiger partial charge on any atom is -0.472 e. The van der Waals surface area contributed by atoms with Crippen molar-refractivity contribution >= 4 is 23.4 Å². The van der Waals surface area contributed by atoms with Crippen LogP contribution in [0.5, 0.6) is 0 Å². The highest BCUT2D eigenvalue weighted by Crippen LogP contribution is 2.36. The monoisotopic (exact) mass is 308 g/mol. The van der Waals surface area contributed by atoms with Gasteiger partial charge in [-0.1, -0.05) is 11.6 Å². The van der Waals surface area contributed by atoms with Crippen molar-refractivity contribution in [3.05, 3.63) is 23.7 Å².